The van der Waals surface area contributed by atoms with Crippen molar-refractivity contribution in [3.8, 4) is 0 Å². The summed E-state index contributed by atoms with van der Waals surface area (Å²) in [5, 5.41) is 0.327. The second-order valence-electron chi connectivity index (χ2n) is 8.23. The molecule has 0 saturated carbocycles. The number of hydrogen-bond acceptors (Lipinski definition) is 5. The maximum atomic E-state index is 14.6. The zero-order chi connectivity index (χ0) is 22.1. The third-order valence-electron chi connectivity index (χ3n) is 5.32. The molecule has 6 nitrogen and oxygen atoms in total. The highest BCUT2D eigenvalue weighted by Gasteiger charge is 2.33. The van der Waals surface area contributed by atoms with Crippen LogP contribution in [-0.4, -0.2) is 29.0 Å². The van der Waals surface area contributed by atoms with Gasteiger partial charge in [-0.1, -0.05) is 19.4 Å². The lowest BCUT2D eigenvalue weighted by Gasteiger charge is -2.20. The van der Waals surface area contributed by atoms with E-state index in [-0.39, 0.29) is 17.2 Å². The van der Waals surface area contributed by atoms with Crippen LogP contribution in [0, 0.1) is 11.7 Å². The number of halogens is 1. The number of nitrogens with two attached hydrogens (primary N) is 1. The molecule has 0 aliphatic heterocycles. The molecule has 0 radical (unpaired) electrons. The Labute approximate surface area is 172 Å². The highest BCUT2D eigenvalue weighted by Crippen LogP contribution is 2.32. The van der Waals surface area contributed by atoms with Crippen molar-refractivity contribution in [3.63, 3.8) is 0 Å². The van der Waals surface area contributed by atoms with Crippen LogP contribution in [0.25, 0.3) is 10.9 Å². The first-order valence-electron chi connectivity index (χ1n) is 9.52. The maximum Gasteiger partial charge on any atom is 0.186 e. The summed E-state index contributed by atoms with van der Waals surface area (Å²) in [5.41, 5.74) is 8.42. The van der Waals surface area contributed by atoms with Gasteiger partial charge in [-0.15, -0.1) is 0 Å². The largest absolute Gasteiger partial charge is 0.383 e. The van der Waals surface area contributed by atoms with Crippen molar-refractivity contribution in [2.45, 2.75) is 64.5 Å². The van der Waals surface area contributed by atoms with Crippen molar-refractivity contribution >= 4 is 32.4 Å². The van der Waals surface area contributed by atoms with Crippen LogP contribution in [0.5, 0.6) is 0 Å². The van der Waals surface area contributed by atoms with Crippen LogP contribution in [0.4, 0.5) is 10.2 Å². The van der Waals surface area contributed by atoms with Gasteiger partial charge >= 0.3 is 0 Å². The lowest BCUT2D eigenvalue weighted by atomic mass is 9.95. The Morgan fingerprint density at radius 2 is 1.86 bits per heavy atom. The van der Waals surface area contributed by atoms with E-state index in [0.717, 1.165) is 23.6 Å². The van der Waals surface area contributed by atoms with Gasteiger partial charge in [0.2, 0.25) is 0 Å². The Morgan fingerprint density at radius 3 is 2.41 bits per heavy atom. The quantitative estimate of drug-likeness (QED) is 0.558. The summed E-state index contributed by atoms with van der Waals surface area (Å²) in [7, 11) is -3.91. The average molecular weight is 421 g/mol. The van der Waals surface area contributed by atoms with E-state index in [1.54, 1.807) is 0 Å². The van der Waals surface area contributed by atoms with Gasteiger partial charge in [0.05, 0.1) is 10.3 Å². The number of allylic oxidation sites excluding steroid dienone is 1. The molecule has 0 fully saturated rings. The minimum Gasteiger partial charge on any atom is -0.383 e. The predicted octanol–water partition coefficient (Wildman–Crippen LogP) is 4.71. The maximum absolute atomic E-state index is 14.6. The predicted molar refractivity (Wildman–Crippen MR) is 116 cm³/mol. The van der Waals surface area contributed by atoms with Gasteiger partial charge in [-0.05, 0) is 58.6 Å². The van der Waals surface area contributed by atoms with Gasteiger partial charge in [0.15, 0.2) is 15.7 Å². The molecule has 1 unspecified atom stereocenters. The summed E-state index contributed by atoms with van der Waals surface area (Å²) < 4.78 is 39.1. The van der Waals surface area contributed by atoms with Gasteiger partial charge in [-0.3, -0.25) is 0 Å². The Balaban J connectivity index is 2.73. The van der Waals surface area contributed by atoms with E-state index in [4.69, 9.17) is 5.73 Å². The summed E-state index contributed by atoms with van der Waals surface area (Å²) >= 11 is 0. The molecule has 0 bridgehead atoms. The lowest BCUT2D eigenvalue weighted by molar-refractivity contribution is 0.542. The molecule has 2 rings (SSSR count). The number of benzene rings is 1. The molecule has 1 heterocycles. The molecule has 0 aliphatic rings. The van der Waals surface area contributed by atoms with Crippen molar-refractivity contribution < 1.29 is 12.8 Å². The first-order valence-corrected chi connectivity index (χ1v) is 11.0. The number of aliphatic imine (C=N–C) groups is 1. The standard InChI is InChI=1S/C21H29FN4O2S/c1-8-12(2)13(3)14(4)19(23)26-20-15-9-18(29(27,28)21(5,6)7)16(22)10-17(15)24-11-25-20/h9-12H,8H2,1-7H3,(H2,23,24,25,26). The van der Waals surface area contributed by atoms with Crippen LogP contribution in [0.1, 0.15) is 54.9 Å². The topological polar surface area (TPSA) is 98.3 Å². The molecule has 29 heavy (non-hydrogen) atoms. The summed E-state index contributed by atoms with van der Waals surface area (Å²) in [4.78, 5) is 12.2. The molecule has 0 amide bonds. The smallest absolute Gasteiger partial charge is 0.186 e. The van der Waals surface area contributed by atoms with Crippen LogP contribution in [0.2, 0.25) is 0 Å². The van der Waals surface area contributed by atoms with Crippen LogP contribution >= 0.6 is 0 Å². The fraction of sp³-hybridized carbons (Fsp3) is 0.476. The van der Waals surface area contributed by atoms with E-state index in [0.29, 0.717) is 11.3 Å². The van der Waals surface area contributed by atoms with Crippen molar-refractivity contribution in [1.82, 2.24) is 9.97 Å². The molecular weight excluding hydrogens is 391 g/mol. The Morgan fingerprint density at radius 1 is 1.24 bits per heavy atom. The van der Waals surface area contributed by atoms with E-state index in [1.807, 2.05) is 13.8 Å². The van der Waals surface area contributed by atoms with Crippen LogP contribution in [0.15, 0.2) is 39.5 Å². The van der Waals surface area contributed by atoms with Crippen LogP contribution in [-0.2, 0) is 9.84 Å². The number of hydrogen-bond donors (Lipinski definition) is 1. The van der Waals surface area contributed by atoms with E-state index < -0.39 is 25.3 Å². The zero-order valence-electron chi connectivity index (χ0n) is 18.0. The molecule has 0 aliphatic carbocycles. The number of fused-ring (bicyclic) bond motifs is 1. The molecule has 0 saturated heterocycles. The number of rotatable bonds is 5. The van der Waals surface area contributed by atoms with Crippen molar-refractivity contribution in [2.75, 3.05) is 0 Å². The fourth-order valence-electron chi connectivity index (χ4n) is 2.74. The monoisotopic (exact) mass is 420 g/mol. The highest BCUT2D eigenvalue weighted by atomic mass is 32.2. The fourth-order valence-corrected chi connectivity index (χ4v) is 3.99. The van der Waals surface area contributed by atoms with Crippen molar-refractivity contribution in [2.24, 2.45) is 16.6 Å². The summed E-state index contributed by atoms with van der Waals surface area (Å²) in [6.45, 7) is 12.7. The summed E-state index contributed by atoms with van der Waals surface area (Å²) in [6, 6.07) is 2.34. The zero-order valence-corrected chi connectivity index (χ0v) is 18.9. The molecule has 1 aromatic heterocycles. The molecule has 0 spiro atoms. The van der Waals surface area contributed by atoms with Gasteiger partial charge in [0, 0.05) is 11.5 Å². The van der Waals surface area contributed by atoms with E-state index in [1.165, 1.54) is 33.2 Å². The normalized spacial score (nSPS) is 15.4. The van der Waals surface area contributed by atoms with Crippen LogP contribution < -0.4 is 5.73 Å². The summed E-state index contributed by atoms with van der Waals surface area (Å²) in [6.07, 6.45) is 2.23. The van der Waals surface area contributed by atoms with E-state index >= 15 is 0 Å². The number of amidine groups is 1. The Hall–Kier alpha value is -2.35. The number of sulfone groups is 1. The SMILES string of the molecule is CCC(C)C(C)=C(C)C(N)=Nc1ncnc2cc(F)c(S(=O)(=O)C(C)(C)C)cc12. The second kappa shape index (κ2) is 8.18. The van der Waals surface area contributed by atoms with Crippen LogP contribution in [0.3, 0.4) is 0 Å². The molecule has 1 aromatic carbocycles. The lowest BCUT2D eigenvalue weighted by Crippen LogP contribution is -2.28. The van der Waals surface area contributed by atoms with E-state index in [9.17, 15) is 12.8 Å². The van der Waals surface area contributed by atoms with Crippen molar-refractivity contribution in [3.05, 3.63) is 35.4 Å². The average Bonchev–Trinajstić information content (AvgIpc) is 2.64. The Kier molecular flexibility index (Phi) is 6.47. The highest BCUT2D eigenvalue weighted by molar-refractivity contribution is 7.92. The minimum atomic E-state index is -3.91. The molecule has 2 aromatic rings. The first kappa shape index (κ1) is 22.9. The van der Waals surface area contributed by atoms with Gasteiger partial charge < -0.3 is 5.73 Å². The third kappa shape index (κ3) is 4.47. The third-order valence-corrected chi connectivity index (χ3v) is 7.82. The Bertz CT molecular complexity index is 1100. The molecule has 158 valence electrons. The number of aromatic nitrogens is 2. The van der Waals surface area contributed by atoms with Gasteiger partial charge in [0.25, 0.3) is 0 Å². The molecule has 1 atom stereocenters. The van der Waals surface area contributed by atoms with Gasteiger partial charge in [-0.25, -0.2) is 27.8 Å². The number of nitrogens with zero attached hydrogens (tertiary/aromatic N) is 3. The van der Waals surface area contributed by atoms with Gasteiger partial charge in [0.1, 0.15) is 22.9 Å². The van der Waals surface area contributed by atoms with Crippen molar-refractivity contribution in [1.29, 1.82) is 0 Å². The molecule has 2 N–H and O–H groups in total. The molecule has 8 heteroatoms. The van der Waals surface area contributed by atoms with E-state index in [2.05, 4.69) is 28.8 Å². The molecular formula is C21H29FN4O2S. The van der Waals surface area contributed by atoms with Gasteiger partial charge in [-0.2, -0.15) is 0 Å². The second-order valence-corrected chi connectivity index (χ2v) is 10.9. The minimum absolute atomic E-state index is 0.203. The first-order chi connectivity index (χ1) is 13.3. The summed E-state index contributed by atoms with van der Waals surface area (Å²) in [5.74, 6) is -0.0113.